The van der Waals surface area contributed by atoms with E-state index in [0.29, 0.717) is 28.8 Å². The molecule has 0 aliphatic carbocycles. The first-order valence-corrected chi connectivity index (χ1v) is 7.68. The van der Waals surface area contributed by atoms with Gasteiger partial charge in [0.25, 0.3) is 0 Å². The predicted octanol–water partition coefficient (Wildman–Crippen LogP) is 3.16. The maximum atomic E-state index is 12.1. The molecule has 5 heteroatoms. The standard InChI is InChI=1S/C15H19Cl2NO2/c16-13-3-1-12(14(17)9-13)2-4-15(20)18-7-5-11(10-19)6-8-18/h1,3,9,11,19H,2,4-8,10H2. The van der Waals surface area contributed by atoms with Gasteiger partial charge in [-0.3, -0.25) is 4.79 Å². The van der Waals surface area contributed by atoms with Crippen molar-refractivity contribution in [2.75, 3.05) is 19.7 Å². The van der Waals surface area contributed by atoms with Crippen molar-refractivity contribution in [2.24, 2.45) is 5.92 Å². The monoisotopic (exact) mass is 315 g/mol. The van der Waals surface area contributed by atoms with Crippen molar-refractivity contribution in [2.45, 2.75) is 25.7 Å². The third kappa shape index (κ3) is 4.11. The zero-order valence-electron chi connectivity index (χ0n) is 11.3. The fraction of sp³-hybridized carbons (Fsp3) is 0.533. The fourth-order valence-electron chi connectivity index (χ4n) is 2.49. The maximum Gasteiger partial charge on any atom is 0.222 e. The normalized spacial score (nSPS) is 16.4. The van der Waals surface area contributed by atoms with Gasteiger partial charge in [-0.05, 0) is 42.9 Å². The highest BCUT2D eigenvalue weighted by Crippen LogP contribution is 2.23. The lowest BCUT2D eigenvalue weighted by molar-refractivity contribution is -0.132. The highest BCUT2D eigenvalue weighted by molar-refractivity contribution is 6.35. The van der Waals surface area contributed by atoms with Crippen LogP contribution in [0, 0.1) is 5.92 Å². The van der Waals surface area contributed by atoms with Crippen LogP contribution in [-0.4, -0.2) is 35.6 Å². The Hall–Kier alpha value is -0.770. The number of carbonyl (C=O) groups is 1. The van der Waals surface area contributed by atoms with Crippen molar-refractivity contribution in [3.8, 4) is 0 Å². The van der Waals surface area contributed by atoms with Crippen molar-refractivity contribution in [1.82, 2.24) is 4.90 Å². The third-order valence-electron chi connectivity index (χ3n) is 3.85. The van der Waals surface area contributed by atoms with Gasteiger partial charge < -0.3 is 10.0 Å². The Morgan fingerprint density at radius 2 is 2.00 bits per heavy atom. The van der Waals surface area contributed by atoms with Gasteiger partial charge in [0.1, 0.15) is 0 Å². The summed E-state index contributed by atoms with van der Waals surface area (Å²) in [5.74, 6) is 0.511. The molecule has 0 bridgehead atoms. The summed E-state index contributed by atoms with van der Waals surface area (Å²) in [4.78, 5) is 14.0. The number of rotatable bonds is 4. The Morgan fingerprint density at radius 1 is 1.30 bits per heavy atom. The minimum absolute atomic E-state index is 0.160. The lowest BCUT2D eigenvalue weighted by atomic mass is 9.97. The third-order valence-corrected chi connectivity index (χ3v) is 4.44. The number of hydrogen-bond donors (Lipinski definition) is 1. The molecule has 0 atom stereocenters. The van der Waals surface area contributed by atoms with E-state index in [0.717, 1.165) is 31.5 Å². The van der Waals surface area contributed by atoms with Crippen molar-refractivity contribution >= 4 is 29.1 Å². The quantitative estimate of drug-likeness (QED) is 0.927. The summed E-state index contributed by atoms with van der Waals surface area (Å²) in [7, 11) is 0. The van der Waals surface area contributed by atoms with E-state index in [1.165, 1.54) is 0 Å². The molecule has 0 aromatic heterocycles. The first-order chi connectivity index (χ1) is 9.60. The summed E-state index contributed by atoms with van der Waals surface area (Å²) in [5.41, 5.74) is 0.953. The van der Waals surface area contributed by atoms with Crippen LogP contribution >= 0.6 is 23.2 Å². The number of aliphatic hydroxyl groups excluding tert-OH is 1. The molecule has 1 amide bonds. The number of nitrogens with zero attached hydrogens (tertiary/aromatic N) is 1. The van der Waals surface area contributed by atoms with Crippen molar-refractivity contribution in [3.05, 3.63) is 33.8 Å². The van der Waals surface area contributed by atoms with Gasteiger partial charge in [-0.15, -0.1) is 0 Å². The molecule has 2 rings (SSSR count). The van der Waals surface area contributed by atoms with Gasteiger partial charge in [-0.25, -0.2) is 0 Å². The second kappa shape index (κ2) is 7.30. The van der Waals surface area contributed by atoms with E-state index < -0.39 is 0 Å². The SMILES string of the molecule is O=C(CCc1ccc(Cl)cc1Cl)N1CCC(CO)CC1. The van der Waals surface area contributed by atoms with Crippen LogP contribution in [0.4, 0.5) is 0 Å². The summed E-state index contributed by atoms with van der Waals surface area (Å²) in [6.07, 6.45) is 2.88. The number of amides is 1. The molecule has 0 unspecified atom stereocenters. The fourth-order valence-corrected chi connectivity index (χ4v) is 2.99. The van der Waals surface area contributed by atoms with Crippen LogP contribution in [0.1, 0.15) is 24.8 Å². The first-order valence-electron chi connectivity index (χ1n) is 6.92. The molecular formula is C15H19Cl2NO2. The molecule has 0 saturated carbocycles. The number of benzene rings is 1. The topological polar surface area (TPSA) is 40.5 Å². The maximum absolute atomic E-state index is 12.1. The molecule has 0 spiro atoms. The van der Waals surface area contributed by atoms with Gasteiger partial charge in [0.05, 0.1) is 0 Å². The molecule has 1 aromatic rings. The van der Waals surface area contributed by atoms with Crippen LogP contribution in [0.3, 0.4) is 0 Å². The summed E-state index contributed by atoms with van der Waals surface area (Å²) in [5, 5.41) is 10.3. The van der Waals surface area contributed by atoms with Gasteiger partial charge in [-0.1, -0.05) is 29.3 Å². The summed E-state index contributed by atoms with van der Waals surface area (Å²) in [6.45, 7) is 1.72. The molecule has 1 N–H and O–H groups in total. The van der Waals surface area contributed by atoms with Crippen LogP contribution in [0.25, 0.3) is 0 Å². The molecule has 1 aliphatic heterocycles. The minimum atomic E-state index is 0.160. The molecule has 20 heavy (non-hydrogen) atoms. The molecule has 1 heterocycles. The largest absolute Gasteiger partial charge is 0.396 e. The van der Waals surface area contributed by atoms with Gasteiger partial charge in [0.15, 0.2) is 0 Å². The average molecular weight is 316 g/mol. The van der Waals surface area contributed by atoms with E-state index in [1.807, 2.05) is 11.0 Å². The van der Waals surface area contributed by atoms with Crippen LogP contribution in [0.2, 0.25) is 10.0 Å². The molecule has 1 aromatic carbocycles. The molecule has 1 saturated heterocycles. The zero-order chi connectivity index (χ0) is 14.5. The van der Waals surface area contributed by atoms with E-state index in [2.05, 4.69) is 0 Å². The highest BCUT2D eigenvalue weighted by Gasteiger charge is 2.22. The smallest absolute Gasteiger partial charge is 0.222 e. The van der Waals surface area contributed by atoms with Gasteiger partial charge in [0.2, 0.25) is 5.91 Å². The van der Waals surface area contributed by atoms with Crippen LogP contribution in [0.5, 0.6) is 0 Å². The van der Waals surface area contributed by atoms with Crippen LogP contribution in [0.15, 0.2) is 18.2 Å². The van der Waals surface area contributed by atoms with Crippen LogP contribution in [-0.2, 0) is 11.2 Å². The lowest BCUT2D eigenvalue weighted by Gasteiger charge is -2.31. The molecule has 1 fully saturated rings. The predicted molar refractivity (Wildman–Crippen MR) is 81.2 cm³/mol. The van der Waals surface area contributed by atoms with Gasteiger partial charge >= 0.3 is 0 Å². The Kier molecular flexibility index (Phi) is 5.70. The average Bonchev–Trinajstić information content (AvgIpc) is 2.46. The van der Waals surface area contributed by atoms with Crippen molar-refractivity contribution in [1.29, 1.82) is 0 Å². The number of halogens is 2. The summed E-state index contributed by atoms with van der Waals surface area (Å²) < 4.78 is 0. The Labute approximate surface area is 129 Å². The zero-order valence-corrected chi connectivity index (χ0v) is 12.8. The van der Waals surface area contributed by atoms with E-state index in [9.17, 15) is 4.79 Å². The second-order valence-electron chi connectivity index (χ2n) is 5.24. The van der Waals surface area contributed by atoms with Crippen molar-refractivity contribution < 1.29 is 9.90 Å². The number of aliphatic hydroxyl groups is 1. The molecule has 1 aliphatic rings. The van der Waals surface area contributed by atoms with Crippen LogP contribution < -0.4 is 0 Å². The number of carbonyl (C=O) groups excluding carboxylic acids is 1. The van der Waals surface area contributed by atoms with E-state index in [4.69, 9.17) is 28.3 Å². The van der Waals surface area contributed by atoms with Gasteiger partial charge in [0, 0.05) is 36.2 Å². The van der Waals surface area contributed by atoms with Gasteiger partial charge in [-0.2, -0.15) is 0 Å². The molecular weight excluding hydrogens is 297 g/mol. The molecule has 3 nitrogen and oxygen atoms in total. The number of hydrogen-bond acceptors (Lipinski definition) is 2. The highest BCUT2D eigenvalue weighted by atomic mass is 35.5. The number of aryl methyl sites for hydroxylation is 1. The van der Waals surface area contributed by atoms with E-state index in [1.54, 1.807) is 12.1 Å². The lowest BCUT2D eigenvalue weighted by Crippen LogP contribution is -2.39. The summed E-state index contributed by atoms with van der Waals surface area (Å²) in [6, 6.07) is 5.37. The Morgan fingerprint density at radius 3 is 2.60 bits per heavy atom. The Balaban J connectivity index is 1.83. The second-order valence-corrected chi connectivity index (χ2v) is 6.09. The molecule has 110 valence electrons. The first kappa shape index (κ1) is 15.6. The minimum Gasteiger partial charge on any atom is -0.396 e. The molecule has 0 radical (unpaired) electrons. The Bertz CT molecular complexity index is 471. The number of piperidine rings is 1. The summed E-state index contributed by atoms with van der Waals surface area (Å²) >= 11 is 11.9. The number of likely N-dealkylation sites (tertiary alicyclic amines) is 1. The van der Waals surface area contributed by atoms with Crippen molar-refractivity contribution in [3.63, 3.8) is 0 Å². The van der Waals surface area contributed by atoms with E-state index >= 15 is 0 Å². The van der Waals surface area contributed by atoms with E-state index in [-0.39, 0.29) is 12.5 Å².